The van der Waals surface area contributed by atoms with Crippen LogP contribution >= 0.6 is 0 Å². The number of hydrogen-bond donors (Lipinski definition) is 2. The Balaban J connectivity index is 2.41. The summed E-state index contributed by atoms with van der Waals surface area (Å²) in [6, 6.07) is 2.88. The van der Waals surface area contributed by atoms with E-state index in [1.807, 2.05) is 0 Å². The standard InChI is InChI=1S/C13H16F2N2O3/c1-17(6-2-3-13(19)20)8-12(18)16-11-5-4-9(14)7-10(11)15/h4-5,7H,2-3,6,8H2,1H3,(H,16,18)(H,19,20). The highest BCUT2D eigenvalue weighted by molar-refractivity contribution is 5.92. The van der Waals surface area contributed by atoms with Crippen molar-refractivity contribution in [1.29, 1.82) is 0 Å². The molecule has 0 unspecified atom stereocenters. The molecule has 1 aromatic rings. The molecule has 110 valence electrons. The molecule has 7 heteroatoms. The molecule has 1 amide bonds. The van der Waals surface area contributed by atoms with E-state index in [9.17, 15) is 18.4 Å². The van der Waals surface area contributed by atoms with Gasteiger partial charge in [0.25, 0.3) is 0 Å². The summed E-state index contributed by atoms with van der Waals surface area (Å²) in [4.78, 5) is 23.6. The number of anilines is 1. The van der Waals surface area contributed by atoms with Crippen LogP contribution in [0.25, 0.3) is 0 Å². The van der Waals surface area contributed by atoms with Crippen molar-refractivity contribution in [2.75, 3.05) is 25.5 Å². The zero-order valence-electron chi connectivity index (χ0n) is 11.0. The van der Waals surface area contributed by atoms with Crippen molar-refractivity contribution in [3.63, 3.8) is 0 Å². The van der Waals surface area contributed by atoms with Crippen molar-refractivity contribution in [3.8, 4) is 0 Å². The van der Waals surface area contributed by atoms with Crippen molar-refractivity contribution < 1.29 is 23.5 Å². The lowest BCUT2D eigenvalue weighted by molar-refractivity contribution is -0.137. The molecule has 0 fully saturated rings. The number of halogens is 2. The lowest BCUT2D eigenvalue weighted by Crippen LogP contribution is -2.31. The average molecular weight is 286 g/mol. The van der Waals surface area contributed by atoms with E-state index in [0.29, 0.717) is 19.0 Å². The van der Waals surface area contributed by atoms with Gasteiger partial charge in [-0.2, -0.15) is 0 Å². The Morgan fingerprint density at radius 1 is 1.35 bits per heavy atom. The van der Waals surface area contributed by atoms with E-state index in [4.69, 9.17) is 5.11 Å². The molecular weight excluding hydrogens is 270 g/mol. The lowest BCUT2D eigenvalue weighted by atomic mass is 10.3. The van der Waals surface area contributed by atoms with Gasteiger partial charge in [0.05, 0.1) is 12.2 Å². The zero-order chi connectivity index (χ0) is 15.1. The van der Waals surface area contributed by atoms with Gasteiger partial charge >= 0.3 is 5.97 Å². The number of amides is 1. The van der Waals surface area contributed by atoms with Crippen molar-refractivity contribution >= 4 is 17.6 Å². The Bertz CT molecular complexity index is 495. The molecule has 2 N–H and O–H groups in total. The first-order valence-electron chi connectivity index (χ1n) is 6.03. The van der Waals surface area contributed by atoms with Crippen LogP contribution in [-0.2, 0) is 9.59 Å². The molecule has 0 bridgehead atoms. The Morgan fingerprint density at radius 3 is 2.65 bits per heavy atom. The average Bonchev–Trinajstić information content (AvgIpc) is 2.32. The monoisotopic (exact) mass is 286 g/mol. The summed E-state index contributed by atoms with van der Waals surface area (Å²) in [6.07, 6.45) is 0.447. The quantitative estimate of drug-likeness (QED) is 0.800. The number of carbonyl (C=O) groups excluding carboxylic acids is 1. The predicted molar refractivity (Wildman–Crippen MR) is 69.4 cm³/mol. The zero-order valence-corrected chi connectivity index (χ0v) is 11.0. The number of likely N-dealkylation sites (N-methyl/N-ethyl adjacent to an activating group) is 1. The Kier molecular flexibility index (Phi) is 6.05. The SMILES string of the molecule is CN(CCCC(=O)O)CC(=O)Nc1ccc(F)cc1F. The van der Waals surface area contributed by atoms with Crippen molar-refractivity contribution in [1.82, 2.24) is 4.90 Å². The summed E-state index contributed by atoms with van der Waals surface area (Å²) in [6.45, 7) is 0.433. The summed E-state index contributed by atoms with van der Waals surface area (Å²) in [5.74, 6) is -2.90. The molecule has 0 heterocycles. The number of carboxylic acids is 1. The maximum atomic E-state index is 13.3. The summed E-state index contributed by atoms with van der Waals surface area (Å²) in [7, 11) is 1.66. The minimum absolute atomic E-state index is 0.00354. The maximum absolute atomic E-state index is 13.3. The fourth-order valence-corrected chi connectivity index (χ4v) is 1.60. The fourth-order valence-electron chi connectivity index (χ4n) is 1.60. The first kappa shape index (κ1) is 16.0. The number of carboxylic acid groups (broad SMARTS) is 1. The minimum Gasteiger partial charge on any atom is -0.481 e. The minimum atomic E-state index is -0.892. The predicted octanol–water partition coefficient (Wildman–Crippen LogP) is 1.70. The van der Waals surface area contributed by atoms with Gasteiger partial charge < -0.3 is 10.4 Å². The number of nitrogens with one attached hydrogen (secondary N) is 1. The fraction of sp³-hybridized carbons (Fsp3) is 0.385. The molecule has 0 saturated carbocycles. The number of rotatable bonds is 7. The molecule has 0 radical (unpaired) electrons. The van der Waals surface area contributed by atoms with Crippen LogP contribution in [-0.4, -0.2) is 42.0 Å². The molecule has 0 spiro atoms. The van der Waals surface area contributed by atoms with E-state index >= 15 is 0 Å². The third kappa shape index (κ3) is 5.75. The van der Waals surface area contributed by atoms with E-state index in [2.05, 4.69) is 5.32 Å². The highest BCUT2D eigenvalue weighted by Crippen LogP contribution is 2.14. The Hall–Kier alpha value is -2.02. The summed E-state index contributed by atoms with van der Waals surface area (Å²) in [5.41, 5.74) is -0.0877. The van der Waals surface area contributed by atoms with E-state index in [0.717, 1.165) is 12.1 Å². The van der Waals surface area contributed by atoms with Crippen LogP contribution in [0, 0.1) is 11.6 Å². The van der Waals surface area contributed by atoms with E-state index in [-0.39, 0.29) is 18.7 Å². The summed E-state index contributed by atoms with van der Waals surface area (Å²) >= 11 is 0. The van der Waals surface area contributed by atoms with Gasteiger partial charge in [0.2, 0.25) is 5.91 Å². The van der Waals surface area contributed by atoms with Crippen LogP contribution in [0.15, 0.2) is 18.2 Å². The van der Waals surface area contributed by atoms with Crippen LogP contribution in [0.3, 0.4) is 0 Å². The molecule has 0 aliphatic heterocycles. The van der Waals surface area contributed by atoms with Crippen molar-refractivity contribution in [2.24, 2.45) is 0 Å². The Morgan fingerprint density at radius 2 is 2.05 bits per heavy atom. The van der Waals surface area contributed by atoms with E-state index in [1.54, 1.807) is 11.9 Å². The highest BCUT2D eigenvalue weighted by Gasteiger charge is 2.10. The van der Waals surface area contributed by atoms with Crippen LogP contribution in [0.4, 0.5) is 14.5 Å². The third-order valence-electron chi connectivity index (χ3n) is 2.55. The number of carbonyl (C=O) groups is 2. The molecule has 0 atom stereocenters. The first-order valence-corrected chi connectivity index (χ1v) is 6.03. The molecule has 20 heavy (non-hydrogen) atoms. The largest absolute Gasteiger partial charge is 0.481 e. The number of hydrogen-bond acceptors (Lipinski definition) is 3. The van der Waals surface area contributed by atoms with Crippen molar-refractivity contribution in [3.05, 3.63) is 29.8 Å². The second kappa shape index (κ2) is 7.54. The molecule has 0 aromatic heterocycles. The topological polar surface area (TPSA) is 69.6 Å². The Labute approximate surface area is 115 Å². The van der Waals surface area contributed by atoms with Gasteiger partial charge in [-0.05, 0) is 32.1 Å². The maximum Gasteiger partial charge on any atom is 0.303 e. The first-order chi connectivity index (χ1) is 9.38. The number of aliphatic carboxylic acids is 1. The van der Waals surface area contributed by atoms with Gasteiger partial charge in [-0.3, -0.25) is 14.5 Å². The normalized spacial score (nSPS) is 10.6. The van der Waals surface area contributed by atoms with Gasteiger partial charge in [-0.1, -0.05) is 0 Å². The molecule has 0 saturated heterocycles. The highest BCUT2D eigenvalue weighted by atomic mass is 19.1. The second-order valence-corrected chi connectivity index (χ2v) is 4.41. The lowest BCUT2D eigenvalue weighted by Gasteiger charge is -2.15. The van der Waals surface area contributed by atoms with Gasteiger partial charge in [-0.15, -0.1) is 0 Å². The summed E-state index contributed by atoms with van der Waals surface area (Å²) < 4.78 is 26.0. The van der Waals surface area contributed by atoms with Crippen LogP contribution in [0.5, 0.6) is 0 Å². The molecule has 5 nitrogen and oxygen atoms in total. The number of benzene rings is 1. The van der Waals surface area contributed by atoms with Gasteiger partial charge in [0.15, 0.2) is 0 Å². The van der Waals surface area contributed by atoms with Gasteiger partial charge in [0.1, 0.15) is 11.6 Å². The second-order valence-electron chi connectivity index (χ2n) is 4.41. The van der Waals surface area contributed by atoms with Crippen LogP contribution in [0.2, 0.25) is 0 Å². The van der Waals surface area contributed by atoms with Crippen LogP contribution in [0.1, 0.15) is 12.8 Å². The molecular formula is C13H16F2N2O3. The molecule has 1 aromatic carbocycles. The van der Waals surface area contributed by atoms with Gasteiger partial charge in [-0.25, -0.2) is 8.78 Å². The number of nitrogens with zero attached hydrogens (tertiary/aromatic N) is 1. The molecule has 0 aliphatic carbocycles. The molecule has 0 aliphatic rings. The van der Waals surface area contributed by atoms with E-state index in [1.165, 1.54) is 0 Å². The smallest absolute Gasteiger partial charge is 0.303 e. The summed E-state index contributed by atoms with van der Waals surface area (Å²) in [5, 5.41) is 10.8. The third-order valence-corrected chi connectivity index (χ3v) is 2.55. The van der Waals surface area contributed by atoms with Crippen LogP contribution < -0.4 is 5.32 Å². The van der Waals surface area contributed by atoms with Crippen molar-refractivity contribution in [2.45, 2.75) is 12.8 Å². The molecule has 1 rings (SSSR count). The van der Waals surface area contributed by atoms with E-state index < -0.39 is 23.5 Å². The van der Waals surface area contributed by atoms with Gasteiger partial charge in [0, 0.05) is 12.5 Å².